The minimum absolute atomic E-state index is 0.734. The highest BCUT2D eigenvalue weighted by Gasteiger charge is 2.10. The highest BCUT2D eigenvalue weighted by Crippen LogP contribution is 2.27. The van der Waals surface area contributed by atoms with Crippen molar-refractivity contribution in [1.29, 1.82) is 0 Å². The minimum Gasteiger partial charge on any atom is -0.370 e. The Hall–Kier alpha value is -1.61. The van der Waals surface area contributed by atoms with Crippen molar-refractivity contribution in [1.82, 2.24) is 9.97 Å². The van der Waals surface area contributed by atoms with Crippen LogP contribution in [0.25, 0.3) is 11.3 Å². The van der Waals surface area contributed by atoms with E-state index in [0.29, 0.717) is 0 Å². The molecule has 2 rings (SSSR count). The quantitative estimate of drug-likeness (QED) is 0.910. The van der Waals surface area contributed by atoms with Gasteiger partial charge in [-0.05, 0) is 25.5 Å². The van der Waals surface area contributed by atoms with Crippen LogP contribution in [0.4, 0.5) is 5.82 Å². The molecule has 94 valence electrons. The Morgan fingerprint density at radius 3 is 2.44 bits per heavy atom. The van der Waals surface area contributed by atoms with E-state index in [4.69, 9.17) is 11.6 Å². The van der Waals surface area contributed by atoms with Crippen molar-refractivity contribution in [2.24, 2.45) is 0 Å². The minimum atomic E-state index is 0.734. The predicted octanol–water partition coefficient (Wildman–Crippen LogP) is 3.79. The number of hydrogen-bond acceptors (Lipinski definition) is 3. The highest BCUT2D eigenvalue weighted by atomic mass is 35.5. The first-order valence-corrected chi connectivity index (χ1v) is 6.47. The molecule has 1 aromatic heterocycles. The van der Waals surface area contributed by atoms with Gasteiger partial charge in [0, 0.05) is 22.7 Å². The number of benzene rings is 1. The number of anilines is 1. The molecule has 0 atom stereocenters. The molecule has 3 nitrogen and oxygen atoms in total. The zero-order valence-corrected chi connectivity index (χ0v) is 11.3. The van der Waals surface area contributed by atoms with E-state index in [2.05, 4.69) is 29.1 Å². The second-order valence-corrected chi connectivity index (χ2v) is 4.38. The lowest BCUT2D eigenvalue weighted by molar-refractivity contribution is 1.03. The van der Waals surface area contributed by atoms with Gasteiger partial charge in [0.1, 0.15) is 12.1 Å². The number of aromatic nitrogens is 2. The van der Waals surface area contributed by atoms with Gasteiger partial charge in [-0.25, -0.2) is 9.97 Å². The molecule has 0 amide bonds. The van der Waals surface area contributed by atoms with Crippen molar-refractivity contribution < 1.29 is 0 Å². The van der Waals surface area contributed by atoms with Crippen molar-refractivity contribution in [2.75, 3.05) is 11.9 Å². The maximum atomic E-state index is 5.91. The van der Waals surface area contributed by atoms with Gasteiger partial charge in [0.25, 0.3) is 0 Å². The SMILES string of the molecule is CCNc1ncnc(-c2ccc(Cl)cc2)c1CC. The van der Waals surface area contributed by atoms with Crippen LogP contribution >= 0.6 is 11.6 Å². The summed E-state index contributed by atoms with van der Waals surface area (Å²) < 4.78 is 0. The number of nitrogens with zero attached hydrogens (tertiary/aromatic N) is 2. The Bertz CT molecular complexity index is 523. The summed E-state index contributed by atoms with van der Waals surface area (Å²) in [6, 6.07) is 7.73. The lowest BCUT2D eigenvalue weighted by Crippen LogP contribution is -2.05. The van der Waals surface area contributed by atoms with Crippen molar-refractivity contribution in [3.05, 3.63) is 41.2 Å². The van der Waals surface area contributed by atoms with Crippen LogP contribution < -0.4 is 5.32 Å². The third-order valence-electron chi connectivity index (χ3n) is 2.76. The van der Waals surface area contributed by atoms with Crippen LogP contribution in [0.3, 0.4) is 0 Å². The molecule has 0 spiro atoms. The molecule has 0 aliphatic heterocycles. The zero-order chi connectivity index (χ0) is 13.0. The molecular formula is C14H16ClN3. The molecule has 0 bridgehead atoms. The number of rotatable bonds is 4. The molecule has 4 heteroatoms. The third-order valence-corrected chi connectivity index (χ3v) is 3.01. The average Bonchev–Trinajstić information content (AvgIpc) is 2.40. The van der Waals surface area contributed by atoms with Gasteiger partial charge in [0.2, 0.25) is 0 Å². The molecule has 0 aliphatic carbocycles. The second kappa shape index (κ2) is 5.83. The maximum absolute atomic E-state index is 5.91. The smallest absolute Gasteiger partial charge is 0.133 e. The molecule has 0 radical (unpaired) electrons. The highest BCUT2D eigenvalue weighted by molar-refractivity contribution is 6.30. The Labute approximate surface area is 112 Å². The molecule has 1 aromatic carbocycles. The summed E-state index contributed by atoms with van der Waals surface area (Å²) >= 11 is 5.91. The molecule has 0 fully saturated rings. The van der Waals surface area contributed by atoms with Gasteiger partial charge in [0.15, 0.2) is 0 Å². The van der Waals surface area contributed by atoms with Crippen LogP contribution in [-0.2, 0) is 6.42 Å². The zero-order valence-electron chi connectivity index (χ0n) is 10.6. The van der Waals surface area contributed by atoms with E-state index in [1.807, 2.05) is 24.3 Å². The van der Waals surface area contributed by atoms with E-state index in [1.54, 1.807) is 6.33 Å². The predicted molar refractivity (Wildman–Crippen MR) is 76.0 cm³/mol. The van der Waals surface area contributed by atoms with Gasteiger partial charge < -0.3 is 5.32 Å². The summed E-state index contributed by atoms with van der Waals surface area (Å²) in [7, 11) is 0. The van der Waals surface area contributed by atoms with E-state index >= 15 is 0 Å². The lowest BCUT2D eigenvalue weighted by Gasteiger charge is -2.12. The number of hydrogen-bond donors (Lipinski definition) is 1. The van der Waals surface area contributed by atoms with E-state index in [1.165, 1.54) is 0 Å². The molecule has 2 aromatic rings. The first-order chi connectivity index (χ1) is 8.76. The summed E-state index contributed by atoms with van der Waals surface area (Å²) in [6.07, 6.45) is 2.49. The first-order valence-electron chi connectivity index (χ1n) is 6.10. The van der Waals surface area contributed by atoms with Crippen LogP contribution in [0.2, 0.25) is 5.02 Å². The van der Waals surface area contributed by atoms with Gasteiger partial charge in [-0.15, -0.1) is 0 Å². The normalized spacial score (nSPS) is 10.4. The summed E-state index contributed by atoms with van der Waals surface area (Å²) in [4.78, 5) is 8.69. The molecule has 0 unspecified atom stereocenters. The van der Waals surface area contributed by atoms with Gasteiger partial charge >= 0.3 is 0 Å². The molecule has 0 aliphatic rings. The van der Waals surface area contributed by atoms with Gasteiger partial charge in [-0.1, -0.05) is 30.7 Å². The van der Waals surface area contributed by atoms with E-state index in [0.717, 1.165) is 40.6 Å². The van der Waals surface area contributed by atoms with E-state index in [-0.39, 0.29) is 0 Å². The molecule has 18 heavy (non-hydrogen) atoms. The number of halogens is 1. The van der Waals surface area contributed by atoms with Gasteiger partial charge in [-0.2, -0.15) is 0 Å². The molecule has 0 saturated carbocycles. The fourth-order valence-corrected chi connectivity index (χ4v) is 2.05. The molecular weight excluding hydrogens is 246 g/mol. The summed E-state index contributed by atoms with van der Waals surface area (Å²) in [5.74, 6) is 0.917. The van der Waals surface area contributed by atoms with Crippen LogP contribution in [0.15, 0.2) is 30.6 Å². The fourth-order valence-electron chi connectivity index (χ4n) is 1.92. The summed E-state index contributed by atoms with van der Waals surface area (Å²) in [5, 5.41) is 4.01. The fraction of sp³-hybridized carbons (Fsp3) is 0.286. The van der Waals surface area contributed by atoms with Crippen molar-refractivity contribution in [3.63, 3.8) is 0 Å². The van der Waals surface area contributed by atoms with Crippen LogP contribution in [0, 0.1) is 0 Å². The largest absolute Gasteiger partial charge is 0.370 e. The van der Waals surface area contributed by atoms with E-state index in [9.17, 15) is 0 Å². The Balaban J connectivity index is 2.49. The van der Waals surface area contributed by atoms with E-state index < -0.39 is 0 Å². The van der Waals surface area contributed by atoms with Crippen molar-refractivity contribution in [3.8, 4) is 11.3 Å². The molecule has 1 N–H and O–H groups in total. The second-order valence-electron chi connectivity index (χ2n) is 3.94. The topological polar surface area (TPSA) is 37.8 Å². The van der Waals surface area contributed by atoms with Crippen molar-refractivity contribution >= 4 is 17.4 Å². The van der Waals surface area contributed by atoms with Crippen LogP contribution in [0.1, 0.15) is 19.4 Å². The lowest BCUT2D eigenvalue weighted by atomic mass is 10.0. The van der Waals surface area contributed by atoms with Crippen molar-refractivity contribution in [2.45, 2.75) is 20.3 Å². The Morgan fingerprint density at radius 2 is 1.83 bits per heavy atom. The van der Waals surface area contributed by atoms with Crippen LogP contribution in [0.5, 0.6) is 0 Å². The third kappa shape index (κ3) is 2.62. The summed E-state index contributed by atoms with van der Waals surface area (Å²) in [6.45, 7) is 5.02. The first kappa shape index (κ1) is 12.8. The Morgan fingerprint density at radius 1 is 1.11 bits per heavy atom. The van der Waals surface area contributed by atoms with Crippen LogP contribution in [-0.4, -0.2) is 16.5 Å². The number of nitrogens with one attached hydrogen (secondary N) is 1. The standard InChI is InChI=1S/C14H16ClN3/c1-3-12-13(10-5-7-11(15)8-6-10)17-9-18-14(12)16-4-2/h5-9H,3-4H2,1-2H3,(H,16,17,18). The maximum Gasteiger partial charge on any atom is 0.133 e. The summed E-state index contributed by atoms with van der Waals surface area (Å²) in [5.41, 5.74) is 3.18. The van der Waals surface area contributed by atoms with Gasteiger partial charge in [0.05, 0.1) is 5.69 Å². The van der Waals surface area contributed by atoms with Gasteiger partial charge in [-0.3, -0.25) is 0 Å². The molecule has 0 saturated heterocycles. The monoisotopic (exact) mass is 261 g/mol. The Kier molecular flexibility index (Phi) is 4.15. The molecule has 1 heterocycles. The average molecular weight is 262 g/mol.